The maximum atomic E-state index is 12.2. The number of nitrogens with one attached hydrogen (secondary N) is 1. The fourth-order valence-electron chi connectivity index (χ4n) is 2.78. The largest absolute Gasteiger partial charge is 0.437 e. The number of morpholine rings is 1. The van der Waals surface area contributed by atoms with Gasteiger partial charge in [0.15, 0.2) is 0 Å². The van der Waals surface area contributed by atoms with E-state index in [0.717, 1.165) is 37.5 Å². The average Bonchev–Trinajstić information content (AvgIpc) is 2.97. The van der Waals surface area contributed by atoms with Crippen molar-refractivity contribution in [2.24, 2.45) is 0 Å². The van der Waals surface area contributed by atoms with E-state index in [2.05, 4.69) is 15.3 Å². The van der Waals surface area contributed by atoms with Gasteiger partial charge in [0, 0.05) is 31.2 Å². The normalized spacial score (nSPS) is 16.5. The number of rotatable bonds is 6. The predicted molar refractivity (Wildman–Crippen MR) is 91.1 cm³/mol. The Morgan fingerprint density at radius 2 is 2.00 bits per heavy atom. The van der Waals surface area contributed by atoms with Crippen LogP contribution in [-0.2, 0) is 16.1 Å². The second-order valence-electron chi connectivity index (χ2n) is 6.08. The predicted octanol–water partition coefficient (Wildman–Crippen LogP) is 0.340. The van der Waals surface area contributed by atoms with Crippen LogP contribution in [0.15, 0.2) is 39.5 Å². The zero-order chi connectivity index (χ0) is 17.6. The molecule has 8 heteroatoms. The molecule has 1 fully saturated rings. The quantitative estimate of drug-likeness (QED) is 0.811. The number of aromatic nitrogens is 2. The van der Waals surface area contributed by atoms with Gasteiger partial charge in [-0.2, -0.15) is 4.68 Å². The highest BCUT2D eigenvalue weighted by Crippen LogP contribution is 2.13. The summed E-state index contributed by atoms with van der Waals surface area (Å²) >= 11 is 0. The van der Waals surface area contributed by atoms with Crippen LogP contribution >= 0.6 is 0 Å². The Labute approximate surface area is 145 Å². The van der Waals surface area contributed by atoms with Crippen LogP contribution in [0.2, 0.25) is 0 Å². The molecule has 0 aliphatic carbocycles. The van der Waals surface area contributed by atoms with Gasteiger partial charge in [0.1, 0.15) is 6.54 Å². The molecule has 2 heterocycles. The summed E-state index contributed by atoms with van der Waals surface area (Å²) in [5, 5.41) is 6.98. The number of benzene rings is 1. The molecule has 1 unspecified atom stereocenters. The van der Waals surface area contributed by atoms with Crippen molar-refractivity contribution in [3.63, 3.8) is 0 Å². The van der Waals surface area contributed by atoms with E-state index in [1.807, 2.05) is 25.1 Å². The van der Waals surface area contributed by atoms with Gasteiger partial charge in [-0.25, -0.2) is 4.79 Å². The van der Waals surface area contributed by atoms with Gasteiger partial charge in [-0.05, 0) is 19.1 Å². The van der Waals surface area contributed by atoms with Gasteiger partial charge in [0.25, 0.3) is 0 Å². The summed E-state index contributed by atoms with van der Waals surface area (Å²) < 4.78 is 11.5. The number of carbonyl (C=O) groups excluding carboxylic acids is 1. The van der Waals surface area contributed by atoms with E-state index < -0.39 is 5.76 Å². The summed E-state index contributed by atoms with van der Waals surface area (Å²) in [5.41, 5.74) is 0.694. The first-order chi connectivity index (χ1) is 12.1. The molecule has 8 nitrogen and oxygen atoms in total. The molecule has 2 aromatic rings. The van der Waals surface area contributed by atoms with E-state index in [4.69, 9.17) is 9.15 Å². The van der Waals surface area contributed by atoms with Crippen LogP contribution in [0, 0.1) is 0 Å². The Morgan fingerprint density at radius 1 is 1.28 bits per heavy atom. The smallest absolute Gasteiger partial charge is 0.388 e. The molecular formula is C17H22N4O4. The Bertz CT molecular complexity index is 750. The lowest BCUT2D eigenvalue weighted by molar-refractivity contribution is -0.122. The molecule has 0 radical (unpaired) electrons. The summed E-state index contributed by atoms with van der Waals surface area (Å²) in [6.07, 6.45) is 0. The van der Waals surface area contributed by atoms with Crippen molar-refractivity contribution in [3.8, 4) is 11.5 Å². The van der Waals surface area contributed by atoms with Gasteiger partial charge in [0.05, 0.1) is 13.2 Å². The maximum absolute atomic E-state index is 12.2. The summed E-state index contributed by atoms with van der Waals surface area (Å²) in [4.78, 5) is 26.3. The van der Waals surface area contributed by atoms with Crippen molar-refractivity contribution in [1.82, 2.24) is 20.0 Å². The van der Waals surface area contributed by atoms with Gasteiger partial charge < -0.3 is 14.5 Å². The van der Waals surface area contributed by atoms with Gasteiger partial charge in [0.2, 0.25) is 11.8 Å². The second-order valence-corrected chi connectivity index (χ2v) is 6.08. The highest BCUT2D eigenvalue weighted by Gasteiger charge is 2.17. The highest BCUT2D eigenvalue weighted by molar-refractivity contribution is 5.75. The molecule has 1 aliphatic heterocycles. The van der Waals surface area contributed by atoms with Gasteiger partial charge in [-0.1, -0.05) is 18.2 Å². The molecule has 0 bridgehead atoms. The molecule has 1 aromatic heterocycles. The van der Waals surface area contributed by atoms with Crippen LogP contribution in [0.25, 0.3) is 11.5 Å². The fraction of sp³-hybridized carbons (Fsp3) is 0.471. The van der Waals surface area contributed by atoms with Crippen LogP contribution in [0.4, 0.5) is 0 Å². The van der Waals surface area contributed by atoms with Crippen molar-refractivity contribution in [3.05, 3.63) is 40.9 Å². The molecule has 1 atom stereocenters. The summed E-state index contributed by atoms with van der Waals surface area (Å²) in [5.74, 6) is -0.703. The van der Waals surface area contributed by atoms with E-state index in [-0.39, 0.29) is 24.4 Å². The molecule has 134 valence electrons. The number of carbonyl (C=O) groups is 1. The molecule has 25 heavy (non-hydrogen) atoms. The molecule has 0 saturated carbocycles. The van der Waals surface area contributed by atoms with E-state index in [1.54, 1.807) is 12.1 Å². The summed E-state index contributed by atoms with van der Waals surface area (Å²) in [6.45, 7) is 5.69. The van der Waals surface area contributed by atoms with E-state index in [1.165, 1.54) is 0 Å². The topological polar surface area (TPSA) is 89.6 Å². The number of ether oxygens (including phenoxy) is 1. The first kappa shape index (κ1) is 17.4. The van der Waals surface area contributed by atoms with E-state index in [0.29, 0.717) is 5.56 Å². The molecule has 1 aliphatic rings. The number of hydrogen-bond acceptors (Lipinski definition) is 6. The zero-order valence-electron chi connectivity index (χ0n) is 14.2. The lowest BCUT2D eigenvalue weighted by atomic mass is 10.2. The highest BCUT2D eigenvalue weighted by atomic mass is 16.5. The molecule has 0 spiro atoms. The monoisotopic (exact) mass is 346 g/mol. The minimum Gasteiger partial charge on any atom is -0.388 e. The fourth-order valence-corrected chi connectivity index (χ4v) is 2.78. The van der Waals surface area contributed by atoms with Crippen LogP contribution < -0.4 is 11.1 Å². The Balaban J connectivity index is 1.56. The summed E-state index contributed by atoms with van der Waals surface area (Å²) in [7, 11) is 0. The third kappa shape index (κ3) is 4.77. The minimum absolute atomic E-state index is 0.0261. The lowest BCUT2D eigenvalue weighted by Crippen LogP contribution is -2.47. The van der Waals surface area contributed by atoms with E-state index >= 15 is 0 Å². The molecule has 1 amide bonds. The molecular weight excluding hydrogens is 324 g/mol. The number of nitrogens with zero attached hydrogens (tertiary/aromatic N) is 3. The average molecular weight is 346 g/mol. The van der Waals surface area contributed by atoms with Crippen molar-refractivity contribution in [2.45, 2.75) is 19.5 Å². The van der Waals surface area contributed by atoms with Crippen molar-refractivity contribution in [1.29, 1.82) is 0 Å². The first-order valence-electron chi connectivity index (χ1n) is 8.34. The van der Waals surface area contributed by atoms with Crippen molar-refractivity contribution < 1.29 is 13.9 Å². The Morgan fingerprint density at radius 3 is 2.72 bits per heavy atom. The van der Waals surface area contributed by atoms with Gasteiger partial charge in [-0.15, -0.1) is 5.10 Å². The van der Waals surface area contributed by atoms with Crippen LogP contribution in [0.1, 0.15) is 6.92 Å². The Hall–Kier alpha value is -2.45. The maximum Gasteiger partial charge on any atom is 0.437 e. The third-order valence-electron chi connectivity index (χ3n) is 3.96. The summed E-state index contributed by atoms with van der Waals surface area (Å²) in [6, 6.07) is 9.08. The zero-order valence-corrected chi connectivity index (χ0v) is 14.2. The van der Waals surface area contributed by atoms with Crippen LogP contribution in [-0.4, -0.2) is 59.5 Å². The van der Waals surface area contributed by atoms with Gasteiger partial charge in [-0.3, -0.25) is 9.69 Å². The standard InChI is InChI=1S/C17H22N4O4/c1-13(11-20-7-9-24-10-8-20)18-15(22)12-21-17(23)25-16(19-21)14-5-3-2-4-6-14/h2-6,13H,7-12H2,1H3,(H,18,22). The second kappa shape index (κ2) is 8.09. The minimum atomic E-state index is -0.644. The van der Waals surface area contributed by atoms with Crippen LogP contribution in [0.5, 0.6) is 0 Å². The first-order valence-corrected chi connectivity index (χ1v) is 8.34. The van der Waals surface area contributed by atoms with Gasteiger partial charge >= 0.3 is 5.76 Å². The number of amides is 1. The van der Waals surface area contributed by atoms with Crippen molar-refractivity contribution in [2.75, 3.05) is 32.8 Å². The van der Waals surface area contributed by atoms with Crippen LogP contribution in [0.3, 0.4) is 0 Å². The molecule has 1 N–H and O–H groups in total. The molecule has 1 saturated heterocycles. The third-order valence-corrected chi connectivity index (χ3v) is 3.96. The molecule has 1 aromatic carbocycles. The van der Waals surface area contributed by atoms with E-state index in [9.17, 15) is 9.59 Å². The SMILES string of the molecule is CC(CN1CCOCC1)NC(=O)Cn1nc(-c2ccccc2)oc1=O. The molecule has 3 rings (SSSR count). The lowest BCUT2D eigenvalue weighted by Gasteiger charge is -2.29. The number of hydrogen-bond donors (Lipinski definition) is 1. The Kier molecular flexibility index (Phi) is 5.62. The van der Waals surface area contributed by atoms with Crippen molar-refractivity contribution >= 4 is 5.91 Å².